The van der Waals surface area contributed by atoms with Crippen molar-refractivity contribution in [3.63, 3.8) is 0 Å². The number of allylic oxidation sites excluding steroid dienone is 1. The van der Waals surface area contributed by atoms with E-state index in [1.165, 1.54) is 32.7 Å². The summed E-state index contributed by atoms with van der Waals surface area (Å²) in [5.41, 5.74) is 6.80. The lowest BCUT2D eigenvalue weighted by atomic mass is 10.0. The average Bonchev–Trinajstić information content (AvgIpc) is 2.72. The van der Waals surface area contributed by atoms with Crippen molar-refractivity contribution in [2.45, 2.75) is 85.8 Å². The number of benzene rings is 2. The summed E-state index contributed by atoms with van der Waals surface area (Å²) >= 11 is 1.91. The van der Waals surface area contributed by atoms with Crippen LogP contribution in [0.15, 0.2) is 59.5 Å². The van der Waals surface area contributed by atoms with Gasteiger partial charge in [0.15, 0.2) is 0 Å². The van der Waals surface area contributed by atoms with Crippen LogP contribution in [0.25, 0.3) is 0 Å². The molecule has 0 unspecified atom stereocenters. The molecule has 0 nitrogen and oxygen atoms in total. The maximum Gasteiger partial charge on any atom is 0.0231 e. The van der Waals surface area contributed by atoms with Crippen LogP contribution in [0, 0.1) is 13.8 Å². The van der Waals surface area contributed by atoms with Crippen molar-refractivity contribution in [1.29, 1.82) is 0 Å². The highest BCUT2D eigenvalue weighted by molar-refractivity contribution is 7.98. The minimum absolute atomic E-state index is 1.03. The number of thioether (sulfide) groups is 1. The highest BCUT2D eigenvalue weighted by Gasteiger charge is 2.02. The summed E-state index contributed by atoms with van der Waals surface area (Å²) in [5.74, 6) is 1.03. The van der Waals surface area contributed by atoms with E-state index in [2.05, 4.69) is 69.8 Å². The molecule has 0 bridgehead atoms. The zero-order chi connectivity index (χ0) is 21.2. The summed E-state index contributed by atoms with van der Waals surface area (Å²) in [4.78, 5) is 1.36. The predicted octanol–water partition coefficient (Wildman–Crippen LogP) is 9.18. The standard InChI is InChI=1S/C20H24S.3C2H6/c1-15(2)5-11-19-13-20(12-8-17(19)4)21-14-18-9-6-16(3)7-10-18;3*1-2/h6-10,12-13H,1,5,11,14H2,2-4H3;3*1-2H3. The van der Waals surface area contributed by atoms with Crippen LogP contribution in [0.5, 0.6) is 0 Å². The lowest BCUT2D eigenvalue weighted by Gasteiger charge is -2.09. The first kappa shape index (κ1) is 27.7. The summed E-state index contributed by atoms with van der Waals surface area (Å²) in [6.07, 6.45) is 2.17. The summed E-state index contributed by atoms with van der Waals surface area (Å²) in [6, 6.07) is 15.6. The quantitative estimate of drug-likeness (QED) is 0.352. The first-order chi connectivity index (χ1) is 13.0. The fourth-order valence-electron chi connectivity index (χ4n) is 2.21. The fraction of sp³-hybridized carbons (Fsp3) is 0.462. The molecule has 0 spiro atoms. The molecule has 0 atom stereocenters. The van der Waals surface area contributed by atoms with Crippen LogP contribution in [0.2, 0.25) is 0 Å². The monoisotopic (exact) mass is 386 g/mol. The van der Waals surface area contributed by atoms with E-state index in [0.29, 0.717) is 0 Å². The molecule has 2 aromatic rings. The Morgan fingerprint density at radius 3 is 1.93 bits per heavy atom. The number of rotatable bonds is 6. The van der Waals surface area contributed by atoms with Gasteiger partial charge < -0.3 is 0 Å². The second-order valence-electron chi connectivity index (χ2n) is 5.82. The Morgan fingerprint density at radius 1 is 0.852 bits per heavy atom. The predicted molar refractivity (Wildman–Crippen MR) is 129 cm³/mol. The SMILES string of the molecule is C=C(C)CCc1cc(SCc2ccc(C)cc2)ccc1C.CC.CC.CC. The van der Waals surface area contributed by atoms with Gasteiger partial charge in [0.25, 0.3) is 0 Å². The highest BCUT2D eigenvalue weighted by atomic mass is 32.2. The van der Waals surface area contributed by atoms with Crippen molar-refractivity contribution >= 4 is 11.8 Å². The van der Waals surface area contributed by atoms with Gasteiger partial charge in [-0.05, 0) is 62.4 Å². The van der Waals surface area contributed by atoms with Gasteiger partial charge in [-0.1, -0.05) is 83.0 Å². The van der Waals surface area contributed by atoms with Gasteiger partial charge in [0.2, 0.25) is 0 Å². The molecule has 0 radical (unpaired) electrons. The molecule has 2 aromatic carbocycles. The Kier molecular flexibility index (Phi) is 18.4. The first-order valence-electron chi connectivity index (χ1n) is 10.5. The lowest BCUT2D eigenvalue weighted by molar-refractivity contribution is 0.931. The van der Waals surface area contributed by atoms with E-state index in [0.717, 1.165) is 18.6 Å². The van der Waals surface area contributed by atoms with Crippen molar-refractivity contribution in [2.75, 3.05) is 0 Å². The van der Waals surface area contributed by atoms with Gasteiger partial charge in [-0.25, -0.2) is 0 Å². The van der Waals surface area contributed by atoms with Gasteiger partial charge in [-0.2, -0.15) is 0 Å². The molecular formula is C26H42S. The largest absolute Gasteiger partial charge is 0.121 e. The van der Waals surface area contributed by atoms with E-state index in [4.69, 9.17) is 0 Å². The number of hydrogen-bond donors (Lipinski definition) is 0. The van der Waals surface area contributed by atoms with Gasteiger partial charge in [0, 0.05) is 10.6 Å². The molecule has 0 amide bonds. The Labute approximate surface area is 174 Å². The fourth-order valence-corrected chi connectivity index (χ4v) is 3.12. The van der Waals surface area contributed by atoms with Gasteiger partial charge in [0.05, 0.1) is 0 Å². The summed E-state index contributed by atoms with van der Waals surface area (Å²) in [5, 5.41) is 0. The number of hydrogen-bond acceptors (Lipinski definition) is 1. The number of aryl methyl sites for hydroxylation is 3. The third-order valence-corrected chi connectivity index (χ3v) is 4.73. The molecule has 0 saturated heterocycles. The van der Waals surface area contributed by atoms with E-state index < -0.39 is 0 Å². The minimum atomic E-state index is 1.03. The van der Waals surface area contributed by atoms with Crippen LogP contribution < -0.4 is 0 Å². The van der Waals surface area contributed by atoms with Crippen molar-refractivity contribution in [3.8, 4) is 0 Å². The molecule has 0 aliphatic rings. The first-order valence-corrected chi connectivity index (χ1v) is 11.5. The average molecular weight is 387 g/mol. The highest BCUT2D eigenvalue weighted by Crippen LogP contribution is 2.26. The Balaban J connectivity index is 0. The topological polar surface area (TPSA) is 0 Å². The van der Waals surface area contributed by atoms with Crippen LogP contribution in [-0.4, -0.2) is 0 Å². The normalized spacial score (nSPS) is 8.93. The van der Waals surface area contributed by atoms with Crippen LogP contribution in [0.3, 0.4) is 0 Å². The van der Waals surface area contributed by atoms with Crippen LogP contribution in [0.4, 0.5) is 0 Å². The maximum absolute atomic E-state index is 4.00. The molecule has 0 aliphatic heterocycles. The molecule has 0 fully saturated rings. The minimum Gasteiger partial charge on any atom is -0.121 e. The lowest BCUT2D eigenvalue weighted by Crippen LogP contribution is -1.91. The van der Waals surface area contributed by atoms with Crippen LogP contribution >= 0.6 is 11.8 Å². The van der Waals surface area contributed by atoms with E-state index in [9.17, 15) is 0 Å². The third kappa shape index (κ3) is 12.5. The molecule has 0 heterocycles. The summed E-state index contributed by atoms with van der Waals surface area (Å²) in [7, 11) is 0. The molecule has 27 heavy (non-hydrogen) atoms. The molecular weight excluding hydrogens is 344 g/mol. The molecule has 2 rings (SSSR count). The second-order valence-corrected chi connectivity index (χ2v) is 6.87. The summed E-state index contributed by atoms with van der Waals surface area (Å²) < 4.78 is 0. The van der Waals surface area contributed by atoms with E-state index in [1.54, 1.807) is 0 Å². The second kappa shape index (κ2) is 17.9. The van der Waals surface area contributed by atoms with E-state index in [-0.39, 0.29) is 0 Å². The van der Waals surface area contributed by atoms with Crippen molar-refractivity contribution in [3.05, 3.63) is 76.9 Å². The summed E-state index contributed by atoms with van der Waals surface area (Å²) in [6.45, 7) is 22.4. The molecule has 0 aromatic heterocycles. The van der Waals surface area contributed by atoms with Gasteiger partial charge >= 0.3 is 0 Å². The maximum atomic E-state index is 4.00. The van der Waals surface area contributed by atoms with Crippen molar-refractivity contribution < 1.29 is 0 Å². The van der Waals surface area contributed by atoms with E-state index in [1.807, 2.05) is 53.3 Å². The Hall–Kier alpha value is -1.47. The Bertz CT molecular complexity index is 609. The van der Waals surface area contributed by atoms with Gasteiger partial charge in [-0.15, -0.1) is 18.3 Å². The van der Waals surface area contributed by atoms with Gasteiger partial charge in [-0.3, -0.25) is 0 Å². The smallest absolute Gasteiger partial charge is 0.0231 e. The van der Waals surface area contributed by atoms with E-state index >= 15 is 0 Å². The van der Waals surface area contributed by atoms with Crippen LogP contribution in [-0.2, 0) is 12.2 Å². The van der Waals surface area contributed by atoms with Crippen LogP contribution in [0.1, 0.15) is 77.1 Å². The molecule has 0 saturated carbocycles. The third-order valence-electron chi connectivity index (χ3n) is 3.67. The molecule has 152 valence electrons. The molecule has 1 heteroatoms. The molecule has 0 N–H and O–H groups in total. The van der Waals surface area contributed by atoms with Crippen molar-refractivity contribution in [1.82, 2.24) is 0 Å². The Morgan fingerprint density at radius 2 is 1.41 bits per heavy atom. The molecule has 0 aliphatic carbocycles. The zero-order valence-electron chi connectivity index (χ0n) is 19.3. The zero-order valence-corrected chi connectivity index (χ0v) is 20.1. The van der Waals surface area contributed by atoms with Gasteiger partial charge in [0.1, 0.15) is 0 Å². The van der Waals surface area contributed by atoms with Crippen molar-refractivity contribution in [2.24, 2.45) is 0 Å².